The van der Waals surface area contributed by atoms with E-state index in [9.17, 15) is 26.4 Å². The lowest BCUT2D eigenvalue weighted by atomic mass is 10.1. The molecule has 0 aliphatic carbocycles. The Morgan fingerprint density at radius 2 is 2.09 bits per heavy atom. The van der Waals surface area contributed by atoms with E-state index in [0.717, 1.165) is 47.3 Å². The van der Waals surface area contributed by atoms with Crippen molar-refractivity contribution in [2.75, 3.05) is 29.0 Å². The second-order valence-corrected chi connectivity index (χ2v) is 9.40. The van der Waals surface area contributed by atoms with Gasteiger partial charge in [0.25, 0.3) is 10.0 Å². The fourth-order valence-electron chi connectivity index (χ4n) is 3.41. The van der Waals surface area contributed by atoms with Crippen LogP contribution >= 0.6 is 11.3 Å². The Morgan fingerprint density at radius 3 is 2.62 bits per heavy atom. The third-order valence-corrected chi connectivity index (χ3v) is 7.02. The molecular weight excluding hydrogens is 476 g/mol. The van der Waals surface area contributed by atoms with Gasteiger partial charge in [0.1, 0.15) is 10.7 Å². The molecule has 8 nitrogen and oxygen atoms in total. The number of benzene rings is 1. The van der Waals surface area contributed by atoms with Crippen LogP contribution in [0.3, 0.4) is 0 Å². The maximum atomic E-state index is 15.1. The summed E-state index contributed by atoms with van der Waals surface area (Å²) < 4.78 is 79.0. The number of alkyl halides is 3. The highest BCUT2D eigenvalue weighted by Gasteiger charge is 2.45. The summed E-state index contributed by atoms with van der Waals surface area (Å²) in [5.74, 6) is -4.59. The summed E-state index contributed by atoms with van der Waals surface area (Å²) in [6.45, 7) is 5.45. The third kappa shape index (κ3) is 4.81. The van der Waals surface area contributed by atoms with Gasteiger partial charge in [-0.3, -0.25) is 0 Å². The van der Waals surface area contributed by atoms with Gasteiger partial charge in [-0.25, -0.2) is 14.2 Å². The van der Waals surface area contributed by atoms with Gasteiger partial charge in [-0.15, -0.1) is 11.3 Å². The topological polar surface area (TPSA) is 91.8 Å². The summed E-state index contributed by atoms with van der Waals surface area (Å²) in [5.41, 5.74) is 1.97. The molecule has 0 radical (unpaired) electrons. The molecule has 176 valence electrons. The number of nitrogens with zero attached hydrogens (tertiary/aromatic N) is 3. The van der Waals surface area contributed by atoms with Gasteiger partial charge in [0.05, 0.1) is 5.51 Å². The average Bonchev–Trinajstić information content (AvgIpc) is 3.42. The van der Waals surface area contributed by atoms with E-state index in [1.165, 1.54) is 0 Å². The molecule has 1 atom stereocenters. The summed E-state index contributed by atoms with van der Waals surface area (Å²) in [4.78, 5) is 20.0. The van der Waals surface area contributed by atoms with Crippen molar-refractivity contribution < 1.29 is 35.6 Å². The first-order valence-electron chi connectivity index (χ1n) is 9.47. The van der Waals surface area contributed by atoms with E-state index in [2.05, 4.69) is 15.1 Å². The van der Waals surface area contributed by atoms with E-state index in [4.69, 9.17) is 0 Å². The molecule has 1 saturated heterocycles. The number of aromatic nitrogens is 1. The highest BCUT2D eigenvalue weighted by Crippen LogP contribution is 2.33. The molecular formula is C18H20F4N4O4S2. The number of rotatable bonds is 7. The van der Waals surface area contributed by atoms with E-state index >= 15 is 4.39 Å². The number of likely N-dealkylation sites (N-methyl/N-ethyl adjacent to an activating group) is 1. The number of carbonyl (C=O) groups is 1. The van der Waals surface area contributed by atoms with Gasteiger partial charge in [-0.1, -0.05) is 4.47 Å². The lowest BCUT2D eigenvalue weighted by Gasteiger charge is -2.31. The van der Waals surface area contributed by atoms with E-state index in [1.807, 2.05) is 11.8 Å². The van der Waals surface area contributed by atoms with Gasteiger partial charge in [-0.05, 0) is 44.5 Å². The number of halogens is 4. The molecule has 2 heterocycles. The number of nitrogens with one attached hydrogen (secondary N) is 1. The molecule has 14 heteroatoms. The third-order valence-electron chi connectivity index (χ3n) is 4.88. The van der Waals surface area contributed by atoms with Gasteiger partial charge in [0, 0.05) is 30.2 Å². The second kappa shape index (κ2) is 9.19. The molecule has 0 amide bonds. The summed E-state index contributed by atoms with van der Waals surface area (Å²) in [6, 6.07) is 2.11. The van der Waals surface area contributed by atoms with Crippen LogP contribution in [-0.4, -0.2) is 51.2 Å². The highest BCUT2D eigenvalue weighted by molar-refractivity contribution is 7.92. The van der Waals surface area contributed by atoms with E-state index in [1.54, 1.807) is 6.92 Å². The van der Waals surface area contributed by atoms with Gasteiger partial charge in [0.15, 0.2) is 5.82 Å². The zero-order chi connectivity index (χ0) is 23.7. The largest absolute Gasteiger partial charge is 0.493 e. The summed E-state index contributed by atoms with van der Waals surface area (Å²) >= 11 is 0.848. The number of thiazole rings is 1. The van der Waals surface area contributed by atoms with E-state index in [0.29, 0.717) is 24.3 Å². The summed E-state index contributed by atoms with van der Waals surface area (Å²) in [6.07, 6.45) is -4.65. The van der Waals surface area contributed by atoms with Gasteiger partial charge in [-0.2, -0.15) is 21.6 Å². The van der Waals surface area contributed by atoms with Crippen molar-refractivity contribution in [3.05, 3.63) is 34.4 Å². The Bertz CT molecular complexity index is 1070. The molecule has 0 saturated carbocycles. The molecule has 3 rings (SSSR count). The van der Waals surface area contributed by atoms with Gasteiger partial charge in [0.2, 0.25) is 0 Å². The zero-order valence-electron chi connectivity index (χ0n) is 17.0. The van der Waals surface area contributed by atoms with Crippen LogP contribution in [0.2, 0.25) is 0 Å². The fourth-order valence-corrected chi connectivity index (χ4v) is 5.31. The van der Waals surface area contributed by atoms with E-state index in [-0.39, 0.29) is 10.5 Å². The first-order valence-corrected chi connectivity index (χ1v) is 11.8. The molecule has 1 fully saturated rings. The van der Waals surface area contributed by atoms with Crippen LogP contribution in [0.15, 0.2) is 27.9 Å². The van der Waals surface area contributed by atoms with Crippen molar-refractivity contribution in [2.45, 2.75) is 37.4 Å². The van der Waals surface area contributed by atoms with Crippen LogP contribution in [0.25, 0.3) is 0 Å². The molecule has 0 bridgehead atoms. The number of aryl methyl sites for hydroxylation is 1. The van der Waals surface area contributed by atoms with Crippen molar-refractivity contribution in [1.29, 1.82) is 0 Å². The SMILES string of the molecule is CCN(c1cc(F)c(S(=O)(=O)N(OC(=O)C(F)(F)F)c2cscn2)cc1C)[C@H]1CCNC1. The average molecular weight is 497 g/mol. The lowest BCUT2D eigenvalue weighted by molar-refractivity contribution is -0.199. The fraction of sp³-hybridized carbons (Fsp3) is 0.444. The number of hydrogen-bond acceptors (Lipinski definition) is 8. The number of sulfonamides is 1. The van der Waals surface area contributed by atoms with Crippen molar-refractivity contribution in [3.8, 4) is 0 Å². The molecule has 1 aliphatic rings. The Labute approximate surface area is 185 Å². The molecule has 2 aromatic rings. The molecule has 1 aliphatic heterocycles. The van der Waals surface area contributed by atoms with Crippen molar-refractivity contribution in [2.24, 2.45) is 0 Å². The summed E-state index contributed by atoms with van der Waals surface area (Å²) in [5, 5.41) is 4.25. The van der Waals surface area contributed by atoms with Crippen LogP contribution in [0.5, 0.6) is 0 Å². The maximum absolute atomic E-state index is 15.1. The lowest BCUT2D eigenvalue weighted by Crippen LogP contribution is -2.39. The van der Waals surface area contributed by atoms with Crippen LogP contribution in [0.1, 0.15) is 18.9 Å². The van der Waals surface area contributed by atoms with Gasteiger partial charge >= 0.3 is 12.1 Å². The number of hydrogen-bond donors (Lipinski definition) is 1. The molecule has 1 aromatic heterocycles. The quantitative estimate of drug-likeness (QED) is 0.466. The smallest absolute Gasteiger partial charge is 0.367 e. The van der Waals surface area contributed by atoms with Crippen LogP contribution in [0.4, 0.5) is 29.1 Å². The first-order chi connectivity index (χ1) is 15.0. The Kier molecular flexibility index (Phi) is 6.95. The highest BCUT2D eigenvalue weighted by atomic mass is 32.2. The molecule has 32 heavy (non-hydrogen) atoms. The summed E-state index contributed by atoms with van der Waals surface area (Å²) in [7, 11) is -5.07. The Morgan fingerprint density at radius 1 is 1.38 bits per heavy atom. The standard InChI is InChI=1S/C18H20F4N4O4S2/c1-3-25(12-4-5-23-8-12)14-7-13(19)15(6-11(14)2)32(28,29)26(16-9-31-10-24-16)30-17(27)18(20,21)22/h6-7,9-10,12,23H,3-5,8H2,1-2H3/t12-/m0/s1. The molecule has 0 spiro atoms. The number of anilines is 2. The van der Waals surface area contributed by atoms with Crippen LogP contribution < -0.4 is 14.7 Å². The van der Waals surface area contributed by atoms with Crippen LogP contribution in [0, 0.1) is 12.7 Å². The zero-order valence-corrected chi connectivity index (χ0v) is 18.7. The molecule has 1 aromatic carbocycles. The minimum absolute atomic E-state index is 0.0832. The maximum Gasteiger partial charge on any atom is 0.493 e. The van der Waals surface area contributed by atoms with E-state index < -0.39 is 38.7 Å². The Hall–Kier alpha value is -2.45. The predicted octanol–water partition coefficient (Wildman–Crippen LogP) is 2.99. The second-order valence-electron chi connectivity index (χ2n) is 6.96. The van der Waals surface area contributed by atoms with Gasteiger partial charge < -0.3 is 15.1 Å². The number of carbonyl (C=O) groups excluding carboxylic acids is 1. The Balaban J connectivity index is 2.03. The van der Waals surface area contributed by atoms with Crippen molar-refractivity contribution in [3.63, 3.8) is 0 Å². The molecule has 0 unspecified atom stereocenters. The van der Waals surface area contributed by atoms with Crippen molar-refractivity contribution in [1.82, 2.24) is 10.3 Å². The normalized spacial score (nSPS) is 16.8. The first kappa shape index (κ1) is 24.2. The van der Waals surface area contributed by atoms with Crippen LogP contribution in [-0.2, 0) is 19.7 Å². The monoisotopic (exact) mass is 496 g/mol. The minimum Gasteiger partial charge on any atom is -0.367 e. The predicted molar refractivity (Wildman–Crippen MR) is 109 cm³/mol. The minimum atomic E-state index is -5.47. The molecule has 1 N–H and O–H groups in total. The van der Waals surface area contributed by atoms with Crippen molar-refractivity contribution >= 4 is 38.8 Å².